The first-order valence-electron chi connectivity index (χ1n) is 7.28. The number of pyridine rings is 1. The highest BCUT2D eigenvalue weighted by Gasteiger charge is 2.19. The van der Waals surface area contributed by atoms with Crippen molar-refractivity contribution < 1.29 is 0 Å². The molecule has 23 heavy (non-hydrogen) atoms. The van der Waals surface area contributed by atoms with Crippen molar-refractivity contribution in [2.75, 3.05) is 13.1 Å². The van der Waals surface area contributed by atoms with Crippen LogP contribution in [0.4, 0.5) is 0 Å². The van der Waals surface area contributed by atoms with Gasteiger partial charge in [0.25, 0.3) is 0 Å². The molecule has 0 fully saturated rings. The van der Waals surface area contributed by atoms with Gasteiger partial charge in [-0.1, -0.05) is 23.2 Å². The van der Waals surface area contributed by atoms with E-state index in [0.717, 1.165) is 42.8 Å². The van der Waals surface area contributed by atoms with Gasteiger partial charge in [-0.05, 0) is 42.7 Å². The molecule has 5 nitrogen and oxygen atoms in total. The smallest absolute Gasteiger partial charge is 0.191 e. The van der Waals surface area contributed by atoms with Crippen molar-refractivity contribution in [2.45, 2.75) is 19.4 Å². The summed E-state index contributed by atoms with van der Waals surface area (Å²) in [6, 6.07) is 3.87. The van der Waals surface area contributed by atoms with E-state index < -0.39 is 0 Å². The number of aliphatic imine (C=N–C) groups is 1. The summed E-state index contributed by atoms with van der Waals surface area (Å²) in [5, 5.41) is 14.5. The molecule has 2 rings (SSSR count). The maximum Gasteiger partial charge on any atom is 0.191 e. The van der Waals surface area contributed by atoms with Gasteiger partial charge in [0.15, 0.2) is 5.96 Å². The average molecular weight is 352 g/mol. The monoisotopic (exact) mass is 351 g/mol. The third-order valence-electron chi connectivity index (χ3n) is 3.48. The minimum Gasteiger partial charge on any atom is -0.355 e. The second kappa shape index (κ2) is 8.70. The molecule has 1 unspecified atom stereocenters. The molecule has 0 aromatic carbocycles. The number of allylic oxidation sites excluding steroid dienone is 3. The third-order valence-corrected chi connectivity index (χ3v) is 4.40. The van der Waals surface area contributed by atoms with Gasteiger partial charge in [-0.25, -0.2) is 0 Å². The summed E-state index contributed by atoms with van der Waals surface area (Å²) < 4.78 is 0. The minimum absolute atomic E-state index is 0.0675. The quantitative estimate of drug-likeness (QED) is 0.545. The van der Waals surface area contributed by atoms with E-state index in [1.807, 2.05) is 19.1 Å². The Labute approximate surface area is 146 Å². The van der Waals surface area contributed by atoms with E-state index in [2.05, 4.69) is 20.6 Å². The third kappa shape index (κ3) is 5.08. The summed E-state index contributed by atoms with van der Waals surface area (Å²) in [5.41, 5.74) is 2.02. The van der Waals surface area contributed by atoms with Crippen molar-refractivity contribution in [3.05, 3.63) is 51.8 Å². The molecule has 1 aliphatic rings. The van der Waals surface area contributed by atoms with Crippen LogP contribution in [0.15, 0.2) is 51.2 Å². The van der Waals surface area contributed by atoms with Crippen LogP contribution in [0.1, 0.15) is 12.5 Å². The minimum atomic E-state index is -0.0675. The molecule has 1 aliphatic heterocycles. The van der Waals surface area contributed by atoms with Gasteiger partial charge in [0.2, 0.25) is 0 Å². The van der Waals surface area contributed by atoms with Crippen molar-refractivity contribution in [3.8, 4) is 0 Å². The second-order valence-corrected chi connectivity index (χ2v) is 5.88. The first-order chi connectivity index (χ1) is 11.1. The molecule has 0 amide bonds. The highest BCUT2D eigenvalue weighted by atomic mass is 35.5. The van der Waals surface area contributed by atoms with E-state index in [4.69, 9.17) is 28.6 Å². The summed E-state index contributed by atoms with van der Waals surface area (Å²) in [6.45, 7) is 3.52. The topological polar surface area (TPSA) is 73.2 Å². The molecule has 122 valence electrons. The molecule has 1 aromatic rings. The zero-order chi connectivity index (χ0) is 16.7. The number of nitrogens with zero attached hydrogens (tertiary/aromatic N) is 2. The Balaban J connectivity index is 2.26. The average Bonchev–Trinajstić information content (AvgIpc) is 3.07. The first-order valence-corrected chi connectivity index (χ1v) is 8.04. The summed E-state index contributed by atoms with van der Waals surface area (Å²) in [6.07, 6.45) is 6.83. The number of halogens is 2. The predicted octanol–water partition coefficient (Wildman–Crippen LogP) is 2.83. The first kappa shape index (κ1) is 17.5. The lowest BCUT2D eigenvalue weighted by molar-refractivity contribution is 0.672. The van der Waals surface area contributed by atoms with Gasteiger partial charge in [0.1, 0.15) is 0 Å². The van der Waals surface area contributed by atoms with E-state index >= 15 is 0 Å². The van der Waals surface area contributed by atoms with Crippen LogP contribution >= 0.6 is 23.2 Å². The van der Waals surface area contributed by atoms with Crippen LogP contribution < -0.4 is 10.6 Å². The number of nitrogens with one attached hydrogen (secondary N) is 3. The van der Waals surface area contributed by atoms with Crippen LogP contribution in [0, 0.1) is 5.41 Å². The van der Waals surface area contributed by atoms with Gasteiger partial charge in [0, 0.05) is 25.2 Å². The summed E-state index contributed by atoms with van der Waals surface area (Å²) >= 11 is 12.5. The molecule has 1 atom stereocenters. The Morgan fingerprint density at radius 1 is 1.43 bits per heavy atom. The lowest BCUT2D eigenvalue weighted by atomic mass is 10.00. The van der Waals surface area contributed by atoms with E-state index in [0.29, 0.717) is 10.1 Å². The van der Waals surface area contributed by atoms with Crippen LogP contribution in [0.3, 0.4) is 0 Å². The molecular weight excluding hydrogens is 333 g/mol. The van der Waals surface area contributed by atoms with Gasteiger partial charge >= 0.3 is 0 Å². The van der Waals surface area contributed by atoms with Gasteiger partial charge in [-0.2, -0.15) is 0 Å². The molecule has 1 aromatic heterocycles. The number of hydrogen-bond donors (Lipinski definition) is 3. The van der Waals surface area contributed by atoms with Gasteiger partial charge in [-0.3, -0.25) is 9.98 Å². The number of aromatic nitrogens is 1. The maximum atomic E-state index is 7.12. The Bertz CT molecular complexity index is 637. The van der Waals surface area contributed by atoms with Crippen LogP contribution in [0.5, 0.6) is 0 Å². The van der Waals surface area contributed by atoms with E-state index in [1.54, 1.807) is 12.4 Å². The highest BCUT2D eigenvalue weighted by molar-refractivity contribution is 6.44. The van der Waals surface area contributed by atoms with Crippen LogP contribution in [-0.4, -0.2) is 36.3 Å². The molecule has 0 aliphatic carbocycles. The Morgan fingerprint density at radius 3 is 2.78 bits per heavy atom. The maximum absolute atomic E-state index is 7.12. The molecule has 3 N–H and O–H groups in total. The molecule has 0 saturated carbocycles. The molecule has 0 radical (unpaired) electrons. The van der Waals surface area contributed by atoms with Crippen LogP contribution in [0.25, 0.3) is 0 Å². The van der Waals surface area contributed by atoms with E-state index in [1.165, 1.54) is 6.08 Å². The Kier molecular flexibility index (Phi) is 6.62. The largest absolute Gasteiger partial charge is 0.355 e. The zero-order valence-corrected chi connectivity index (χ0v) is 14.3. The zero-order valence-electron chi connectivity index (χ0n) is 12.8. The predicted molar refractivity (Wildman–Crippen MR) is 96.4 cm³/mol. The molecule has 0 spiro atoms. The van der Waals surface area contributed by atoms with Crippen molar-refractivity contribution >= 4 is 35.4 Å². The van der Waals surface area contributed by atoms with Crippen molar-refractivity contribution in [3.63, 3.8) is 0 Å². The molecular formula is C16H19Cl2N5. The van der Waals surface area contributed by atoms with Crippen molar-refractivity contribution in [2.24, 2.45) is 4.99 Å². The number of rotatable bonds is 6. The van der Waals surface area contributed by atoms with Crippen LogP contribution in [0.2, 0.25) is 0 Å². The lowest BCUT2D eigenvalue weighted by Gasteiger charge is -2.22. The van der Waals surface area contributed by atoms with Gasteiger partial charge < -0.3 is 16.0 Å². The van der Waals surface area contributed by atoms with Crippen molar-refractivity contribution in [1.29, 1.82) is 5.41 Å². The fourth-order valence-corrected chi connectivity index (χ4v) is 2.62. The summed E-state index contributed by atoms with van der Waals surface area (Å²) in [7, 11) is 0. The van der Waals surface area contributed by atoms with Gasteiger partial charge in [-0.15, -0.1) is 0 Å². The summed E-state index contributed by atoms with van der Waals surface area (Å²) in [4.78, 5) is 8.41. The van der Waals surface area contributed by atoms with E-state index in [-0.39, 0.29) is 6.04 Å². The fourth-order valence-electron chi connectivity index (χ4n) is 2.21. The normalized spacial score (nSPS) is 17.0. The van der Waals surface area contributed by atoms with E-state index in [9.17, 15) is 0 Å². The van der Waals surface area contributed by atoms with Crippen molar-refractivity contribution in [1.82, 2.24) is 15.6 Å². The Hall–Kier alpha value is -1.85. The molecule has 7 heteroatoms. The SMILES string of the molecule is C/C(=C(Cl)\C(Cl)=C/C=N)C(Cc1ccncc1)NC1=NCCN1. The Morgan fingerprint density at radius 2 is 2.17 bits per heavy atom. The molecule has 0 saturated heterocycles. The van der Waals surface area contributed by atoms with Gasteiger partial charge in [0.05, 0.1) is 22.7 Å². The molecule has 0 bridgehead atoms. The second-order valence-electron chi connectivity index (χ2n) is 5.09. The fraction of sp³-hybridized carbons (Fsp3) is 0.312. The number of guanidine groups is 1. The number of hydrogen-bond acceptors (Lipinski definition) is 5. The highest BCUT2D eigenvalue weighted by Crippen LogP contribution is 2.25. The van der Waals surface area contributed by atoms with Crippen LogP contribution in [-0.2, 0) is 6.42 Å². The molecule has 2 heterocycles. The lowest BCUT2D eigenvalue weighted by Crippen LogP contribution is -2.43. The standard InChI is InChI=1S/C16H19Cl2N5/c1-11(15(18)13(17)2-5-19)14(23-16-21-8-9-22-16)10-12-3-6-20-7-4-12/h2-7,14,19H,8-10H2,1H3,(H2,21,22,23)/b13-2+,15-11-,19-5?. The summed E-state index contributed by atoms with van der Waals surface area (Å²) in [5.74, 6) is 0.764.